The van der Waals surface area contributed by atoms with Gasteiger partial charge in [-0.25, -0.2) is 0 Å². The van der Waals surface area contributed by atoms with Crippen LogP contribution in [0.15, 0.2) is 0 Å². The number of carbonyl (C=O) groups excluding carboxylic acids is 2. The molecule has 0 aliphatic carbocycles. The molecule has 0 spiro atoms. The van der Waals surface area contributed by atoms with E-state index in [1.54, 1.807) is 6.92 Å². The smallest absolute Gasteiger partial charge is 0.319 e. The van der Waals surface area contributed by atoms with Crippen LogP contribution in [0.3, 0.4) is 0 Å². The highest BCUT2D eigenvalue weighted by Crippen LogP contribution is 2.27. The van der Waals surface area contributed by atoms with E-state index in [9.17, 15) is 9.59 Å². The summed E-state index contributed by atoms with van der Waals surface area (Å²) >= 11 is 0. The molecule has 20 heavy (non-hydrogen) atoms. The number of nitrogens with zero attached hydrogens (tertiary/aromatic N) is 1. The summed E-state index contributed by atoms with van der Waals surface area (Å²) in [6.07, 6.45) is 0. The fraction of sp³-hybridized carbons (Fsp3) is 0.867. The number of likely N-dealkylation sites (N-methyl/N-ethyl adjacent to an activating group) is 1. The molecular formula is C15H30N2O3. The molecule has 0 radical (unpaired) electrons. The van der Waals surface area contributed by atoms with Crippen molar-refractivity contribution in [2.75, 3.05) is 27.2 Å². The summed E-state index contributed by atoms with van der Waals surface area (Å²) in [7, 11) is 3.91. The Morgan fingerprint density at radius 3 is 2.00 bits per heavy atom. The van der Waals surface area contributed by atoms with Crippen molar-refractivity contribution in [2.24, 2.45) is 11.3 Å². The molecule has 0 rings (SSSR count). The van der Waals surface area contributed by atoms with E-state index in [1.807, 2.05) is 53.6 Å². The molecule has 118 valence electrons. The number of rotatable bonds is 6. The lowest BCUT2D eigenvalue weighted by Gasteiger charge is -2.34. The maximum atomic E-state index is 12.3. The van der Waals surface area contributed by atoms with Crippen LogP contribution in [-0.2, 0) is 14.3 Å². The number of ether oxygens (including phenoxy) is 1. The van der Waals surface area contributed by atoms with Gasteiger partial charge < -0.3 is 15.0 Å². The minimum Gasteiger partial charge on any atom is -0.465 e. The van der Waals surface area contributed by atoms with Crippen molar-refractivity contribution in [3.8, 4) is 0 Å². The molecular weight excluding hydrogens is 256 g/mol. The third kappa shape index (κ3) is 5.49. The first kappa shape index (κ1) is 18.9. The molecule has 0 bridgehead atoms. The van der Waals surface area contributed by atoms with Crippen molar-refractivity contribution in [2.45, 2.75) is 47.1 Å². The summed E-state index contributed by atoms with van der Waals surface area (Å²) in [5.74, 6) is -1.52. The van der Waals surface area contributed by atoms with Crippen LogP contribution in [0, 0.1) is 11.3 Å². The molecule has 0 aliphatic rings. The number of nitrogens with one attached hydrogen (secondary N) is 1. The molecule has 0 aromatic carbocycles. The van der Waals surface area contributed by atoms with Gasteiger partial charge in [-0.05, 0) is 40.3 Å². The van der Waals surface area contributed by atoms with Gasteiger partial charge in [-0.15, -0.1) is 0 Å². The first-order valence-electron chi connectivity index (χ1n) is 7.05. The van der Waals surface area contributed by atoms with Crippen molar-refractivity contribution >= 4 is 11.9 Å². The Morgan fingerprint density at radius 2 is 1.65 bits per heavy atom. The number of hydrogen-bond donors (Lipinski definition) is 1. The standard InChI is InChI=1S/C15H30N2O3/c1-9-20-13(19)11(14(2,3)4)12(18)16-10-15(5,6)17(7)8/h11H,9-10H2,1-8H3,(H,16,18). The van der Waals surface area contributed by atoms with Gasteiger partial charge in [0.05, 0.1) is 6.61 Å². The minimum absolute atomic E-state index is 0.174. The Labute approximate surface area is 123 Å². The Morgan fingerprint density at radius 1 is 1.15 bits per heavy atom. The lowest BCUT2D eigenvalue weighted by atomic mass is 9.80. The molecule has 1 atom stereocenters. The fourth-order valence-corrected chi connectivity index (χ4v) is 1.64. The van der Waals surface area contributed by atoms with Crippen molar-refractivity contribution in [3.05, 3.63) is 0 Å². The minimum atomic E-state index is -0.791. The number of amides is 1. The highest BCUT2D eigenvalue weighted by molar-refractivity contribution is 5.98. The van der Waals surface area contributed by atoms with Crippen molar-refractivity contribution in [1.82, 2.24) is 10.2 Å². The summed E-state index contributed by atoms with van der Waals surface area (Å²) < 4.78 is 5.02. The highest BCUT2D eigenvalue weighted by atomic mass is 16.5. The molecule has 5 nitrogen and oxygen atoms in total. The van der Waals surface area contributed by atoms with Crippen molar-refractivity contribution in [3.63, 3.8) is 0 Å². The van der Waals surface area contributed by atoms with Crippen LogP contribution in [0.25, 0.3) is 0 Å². The Hall–Kier alpha value is -1.10. The van der Waals surface area contributed by atoms with E-state index in [2.05, 4.69) is 5.32 Å². The van der Waals surface area contributed by atoms with Crippen LogP contribution >= 0.6 is 0 Å². The molecule has 0 aliphatic heterocycles. The van der Waals surface area contributed by atoms with Crippen LogP contribution in [-0.4, -0.2) is 49.6 Å². The van der Waals surface area contributed by atoms with E-state index in [0.717, 1.165) is 0 Å². The van der Waals surface area contributed by atoms with Crippen molar-refractivity contribution < 1.29 is 14.3 Å². The lowest BCUT2D eigenvalue weighted by molar-refractivity contribution is -0.156. The predicted octanol–water partition coefficient (Wildman–Crippen LogP) is 1.67. The van der Waals surface area contributed by atoms with Gasteiger partial charge in [0, 0.05) is 12.1 Å². The van der Waals surface area contributed by atoms with Gasteiger partial charge >= 0.3 is 5.97 Å². The summed E-state index contributed by atoms with van der Waals surface area (Å²) in [6, 6.07) is 0. The zero-order valence-electron chi connectivity index (χ0n) is 14.2. The molecule has 0 aromatic rings. The van der Waals surface area contributed by atoms with Crippen LogP contribution in [0.5, 0.6) is 0 Å². The summed E-state index contributed by atoms with van der Waals surface area (Å²) in [5.41, 5.74) is -0.647. The second kappa shape index (κ2) is 7.07. The van der Waals surface area contributed by atoms with Gasteiger partial charge in [-0.1, -0.05) is 20.8 Å². The SMILES string of the molecule is CCOC(=O)C(C(=O)NCC(C)(C)N(C)C)C(C)(C)C. The van der Waals surface area contributed by atoms with E-state index < -0.39 is 17.3 Å². The average molecular weight is 286 g/mol. The molecule has 5 heteroatoms. The number of carbonyl (C=O) groups is 2. The second-order valence-corrected chi connectivity index (χ2v) is 6.98. The van der Waals surface area contributed by atoms with Crippen LogP contribution in [0.1, 0.15) is 41.5 Å². The molecule has 1 amide bonds. The summed E-state index contributed by atoms with van der Waals surface area (Å²) in [5, 5.41) is 2.87. The molecule has 0 aromatic heterocycles. The van der Waals surface area contributed by atoms with Gasteiger partial charge in [-0.3, -0.25) is 9.59 Å². The maximum absolute atomic E-state index is 12.3. The largest absolute Gasteiger partial charge is 0.465 e. The van der Waals surface area contributed by atoms with Crippen LogP contribution in [0.2, 0.25) is 0 Å². The monoisotopic (exact) mass is 286 g/mol. The highest BCUT2D eigenvalue weighted by Gasteiger charge is 2.39. The normalized spacial score (nSPS) is 14.1. The third-order valence-electron chi connectivity index (χ3n) is 3.56. The van der Waals surface area contributed by atoms with Gasteiger partial charge in [-0.2, -0.15) is 0 Å². The van der Waals surface area contributed by atoms with E-state index in [-0.39, 0.29) is 18.1 Å². The second-order valence-electron chi connectivity index (χ2n) is 6.98. The molecule has 0 heterocycles. The number of hydrogen-bond acceptors (Lipinski definition) is 4. The van der Waals surface area contributed by atoms with Gasteiger partial charge in [0.2, 0.25) is 5.91 Å². The van der Waals surface area contributed by atoms with Gasteiger partial charge in [0.25, 0.3) is 0 Å². The Bertz CT molecular complexity index is 344. The number of esters is 1. The quantitative estimate of drug-likeness (QED) is 0.596. The molecule has 0 saturated heterocycles. The van der Waals surface area contributed by atoms with E-state index in [4.69, 9.17) is 4.74 Å². The fourth-order valence-electron chi connectivity index (χ4n) is 1.64. The van der Waals surface area contributed by atoms with Gasteiger partial charge in [0.1, 0.15) is 5.92 Å². The predicted molar refractivity (Wildman–Crippen MR) is 80.4 cm³/mol. The van der Waals surface area contributed by atoms with E-state index in [1.165, 1.54) is 0 Å². The third-order valence-corrected chi connectivity index (χ3v) is 3.56. The first-order chi connectivity index (χ1) is 8.93. The van der Waals surface area contributed by atoms with E-state index >= 15 is 0 Å². The zero-order valence-corrected chi connectivity index (χ0v) is 14.2. The Balaban J connectivity index is 4.87. The first-order valence-corrected chi connectivity index (χ1v) is 7.05. The Kier molecular flexibility index (Phi) is 6.68. The topological polar surface area (TPSA) is 58.6 Å². The van der Waals surface area contributed by atoms with E-state index in [0.29, 0.717) is 6.54 Å². The molecule has 1 unspecified atom stereocenters. The molecule has 0 fully saturated rings. The maximum Gasteiger partial charge on any atom is 0.319 e. The summed E-state index contributed by atoms with van der Waals surface area (Å²) in [4.78, 5) is 26.4. The zero-order chi connectivity index (χ0) is 16.1. The summed E-state index contributed by atoms with van der Waals surface area (Å²) in [6.45, 7) is 12.2. The average Bonchev–Trinajstić information content (AvgIpc) is 2.24. The van der Waals surface area contributed by atoms with Crippen molar-refractivity contribution in [1.29, 1.82) is 0 Å². The molecule has 1 N–H and O–H groups in total. The van der Waals surface area contributed by atoms with Gasteiger partial charge in [0.15, 0.2) is 0 Å². The van der Waals surface area contributed by atoms with Crippen LogP contribution in [0.4, 0.5) is 0 Å². The lowest BCUT2D eigenvalue weighted by Crippen LogP contribution is -2.51. The van der Waals surface area contributed by atoms with Crippen LogP contribution < -0.4 is 5.32 Å². The molecule has 0 saturated carbocycles.